The summed E-state index contributed by atoms with van der Waals surface area (Å²) in [5, 5.41) is 0. The van der Waals surface area contributed by atoms with Crippen molar-refractivity contribution < 1.29 is 4.74 Å². The predicted molar refractivity (Wildman–Crippen MR) is 65.1 cm³/mol. The first-order valence-electron chi connectivity index (χ1n) is 5.81. The molecule has 1 rings (SSSR count). The van der Waals surface area contributed by atoms with Crippen LogP contribution in [0.2, 0.25) is 0 Å². The van der Waals surface area contributed by atoms with Crippen LogP contribution in [-0.4, -0.2) is 6.61 Å². The zero-order valence-corrected chi connectivity index (χ0v) is 9.54. The van der Waals surface area contributed by atoms with Gasteiger partial charge >= 0.3 is 0 Å². The standard InChI is InChI=1S/C13H21NO/c1-2-3-4-5-6-11-15-13-9-7-12(14)8-10-13/h7-10H,2-6,11,14H2,1H3. The summed E-state index contributed by atoms with van der Waals surface area (Å²) in [7, 11) is 0. The van der Waals surface area contributed by atoms with Gasteiger partial charge in [0, 0.05) is 5.69 Å². The molecule has 2 nitrogen and oxygen atoms in total. The Hall–Kier alpha value is -1.18. The Bertz CT molecular complexity index is 256. The van der Waals surface area contributed by atoms with E-state index in [4.69, 9.17) is 10.5 Å². The molecule has 0 aromatic heterocycles. The van der Waals surface area contributed by atoms with Crippen LogP contribution in [0.5, 0.6) is 5.75 Å². The highest BCUT2D eigenvalue weighted by Gasteiger charge is 1.93. The number of rotatable bonds is 7. The maximum Gasteiger partial charge on any atom is 0.119 e. The molecule has 0 amide bonds. The summed E-state index contributed by atoms with van der Waals surface area (Å²) in [6, 6.07) is 7.57. The topological polar surface area (TPSA) is 35.2 Å². The van der Waals surface area contributed by atoms with E-state index in [1.54, 1.807) is 0 Å². The van der Waals surface area contributed by atoms with Crippen molar-refractivity contribution in [2.24, 2.45) is 0 Å². The molecule has 0 aliphatic rings. The highest BCUT2D eigenvalue weighted by molar-refractivity contribution is 5.41. The number of nitrogen functional groups attached to an aromatic ring is 1. The molecule has 0 fully saturated rings. The number of anilines is 1. The normalized spacial score (nSPS) is 10.2. The molecule has 0 saturated heterocycles. The fraction of sp³-hybridized carbons (Fsp3) is 0.538. The molecule has 1 aromatic rings. The molecule has 2 N–H and O–H groups in total. The fourth-order valence-corrected chi connectivity index (χ4v) is 1.46. The Morgan fingerprint density at radius 1 is 1.00 bits per heavy atom. The summed E-state index contributed by atoms with van der Waals surface area (Å²) in [4.78, 5) is 0. The van der Waals surface area contributed by atoms with Gasteiger partial charge in [-0.05, 0) is 30.7 Å². The van der Waals surface area contributed by atoms with Gasteiger partial charge in [-0.25, -0.2) is 0 Å². The summed E-state index contributed by atoms with van der Waals surface area (Å²) in [5.74, 6) is 0.916. The molecule has 0 unspecified atom stereocenters. The molecule has 0 saturated carbocycles. The fourth-order valence-electron chi connectivity index (χ4n) is 1.46. The van der Waals surface area contributed by atoms with Crippen LogP contribution in [-0.2, 0) is 0 Å². The van der Waals surface area contributed by atoms with Crippen molar-refractivity contribution in [3.05, 3.63) is 24.3 Å². The Morgan fingerprint density at radius 2 is 1.67 bits per heavy atom. The van der Waals surface area contributed by atoms with E-state index in [9.17, 15) is 0 Å². The minimum absolute atomic E-state index is 0.783. The smallest absolute Gasteiger partial charge is 0.119 e. The van der Waals surface area contributed by atoms with Crippen molar-refractivity contribution in [3.8, 4) is 5.75 Å². The van der Waals surface area contributed by atoms with E-state index in [-0.39, 0.29) is 0 Å². The van der Waals surface area contributed by atoms with Crippen LogP contribution in [0.25, 0.3) is 0 Å². The van der Waals surface area contributed by atoms with Gasteiger partial charge in [-0.15, -0.1) is 0 Å². The first kappa shape index (κ1) is 11.9. The highest BCUT2D eigenvalue weighted by Crippen LogP contribution is 2.13. The van der Waals surface area contributed by atoms with Gasteiger partial charge in [-0.3, -0.25) is 0 Å². The van der Waals surface area contributed by atoms with E-state index in [0.29, 0.717) is 0 Å². The molecule has 1 aromatic carbocycles. The van der Waals surface area contributed by atoms with Crippen LogP contribution in [0, 0.1) is 0 Å². The second kappa shape index (κ2) is 7.16. The van der Waals surface area contributed by atoms with Crippen molar-refractivity contribution in [2.75, 3.05) is 12.3 Å². The number of hydrogen-bond acceptors (Lipinski definition) is 2. The number of benzene rings is 1. The molecular weight excluding hydrogens is 186 g/mol. The summed E-state index contributed by atoms with van der Waals surface area (Å²) in [6.07, 6.45) is 6.36. The third-order valence-corrected chi connectivity index (χ3v) is 2.40. The number of hydrogen-bond donors (Lipinski definition) is 1. The van der Waals surface area contributed by atoms with Gasteiger partial charge in [0.25, 0.3) is 0 Å². The van der Waals surface area contributed by atoms with Crippen LogP contribution in [0.1, 0.15) is 39.0 Å². The second-order valence-electron chi connectivity index (χ2n) is 3.83. The van der Waals surface area contributed by atoms with Crippen LogP contribution in [0.15, 0.2) is 24.3 Å². The van der Waals surface area contributed by atoms with Crippen molar-refractivity contribution >= 4 is 5.69 Å². The Balaban J connectivity index is 2.07. The van der Waals surface area contributed by atoms with Gasteiger partial charge in [0.1, 0.15) is 5.75 Å². The quantitative estimate of drug-likeness (QED) is 0.547. The lowest BCUT2D eigenvalue weighted by atomic mass is 10.2. The molecule has 15 heavy (non-hydrogen) atoms. The van der Waals surface area contributed by atoms with Crippen molar-refractivity contribution in [3.63, 3.8) is 0 Å². The van der Waals surface area contributed by atoms with Gasteiger partial charge in [-0.1, -0.05) is 32.6 Å². The lowest BCUT2D eigenvalue weighted by Crippen LogP contribution is -1.97. The third-order valence-electron chi connectivity index (χ3n) is 2.40. The first-order chi connectivity index (χ1) is 7.33. The summed E-state index contributed by atoms with van der Waals surface area (Å²) >= 11 is 0. The molecule has 0 aliphatic carbocycles. The monoisotopic (exact) mass is 207 g/mol. The molecule has 0 atom stereocenters. The van der Waals surface area contributed by atoms with E-state index in [0.717, 1.165) is 24.5 Å². The molecule has 0 spiro atoms. The third kappa shape index (κ3) is 5.31. The van der Waals surface area contributed by atoms with E-state index in [1.165, 1.54) is 25.7 Å². The van der Waals surface area contributed by atoms with Crippen molar-refractivity contribution in [1.29, 1.82) is 0 Å². The SMILES string of the molecule is CCCCCCCOc1ccc(N)cc1. The maximum atomic E-state index is 5.59. The minimum atomic E-state index is 0.783. The lowest BCUT2D eigenvalue weighted by Gasteiger charge is -2.05. The minimum Gasteiger partial charge on any atom is -0.494 e. The average Bonchev–Trinajstić information content (AvgIpc) is 2.26. The Kier molecular flexibility index (Phi) is 5.67. The van der Waals surface area contributed by atoms with Gasteiger partial charge < -0.3 is 10.5 Å². The van der Waals surface area contributed by atoms with Crippen molar-refractivity contribution in [2.45, 2.75) is 39.0 Å². The molecule has 84 valence electrons. The van der Waals surface area contributed by atoms with Crippen LogP contribution >= 0.6 is 0 Å². The second-order valence-corrected chi connectivity index (χ2v) is 3.83. The maximum absolute atomic E-state index is 5.59. The van der Waals surface area contributed by atoms with Gasteiger partial charge in [-0.2, -0.15) is 0 Å². The zero-order valence-electron chi connectivity index (χ0n) is 9.54. The van der Waals surface area contributed by atoms with Crippen LogP contribution in [0.4, 0.5) is 5.69 Å². The lowest BCUT2D eigenvalue weighted by molar-refractivity contribution is 0.304. The Morgan fingerprint density at radius 3 is 2.33 bits per heavy atom. The molecule has 2 heteroatoms. The average molecular weight is 207 g/mol. The van der Waals surface area contributed by atoms with Crippen LogP contribution < -0.4 is 10.5 Å². The summed E-state index contributed by atoms with van der Waals surface area (Å²) in [5.41, 5.74) is 6.36. The van der Waals surface area contributed by atoms with Gasteiger partial charge in [0.2, 0.25) is 0 Å². The number of nitrogens with two attached hydrogens (primary N) is 1. The van der Waals surface area contributed by atoms with Gasteiger partial charge in [0.15, 0.2) is 0 Å². The Labute approximate surface area is 92.4 Å². The molecular formula is C13H21NO. The van der Waals surface area contributed by atoms with E-state index >= 15 is 0 Å². The summed E-state index contributed by atoms with van der Waals surface area (Å²) < 4.78 is 5.59. The summed E-state index contributed by atoms with van der Waals surface area (Å²) in [6.45, 7) is 3.04. The number of unbranched alkanes of at least 4 members (excludes halogenated alkanes) is 4. The molecule has 0 aliphatic heterocycles. The largest absolute Gasteiger partial charge is 0.494 e. The molecule has 0 bridgehead atoms. The van der Waals surface area contributed by atoms with Crippen LogP contribution in [0.3, 0.4) is 0 Å². The molecule has 0 heterocycles. The number of ether oxygens (including phenoxy) is 1. The highest BCUT2D eigenvalue weighted by atomic mass is 16.5. The van der Waals surface area contributed by atoms with Crippen molar-refractivity contribution in [1.82, 2.24) is 0 Å². The predicted octanol–water partition coefficient (Wildman–Crippen LogP) is 3.62. The van der Waals surface area contributed by atoms with E-state index in [1.807, 2.05) is 24.3 Å². The van der Waals surface area contributed by atoms with Gasteiger partial charge in [0.05, 0.1) is 6.61 Å². The zero-order chi connectivity index (χ0) is 10.9. The van der Waals surface area contributed by atoms with E-state index < -0.39 is 0 Å². The molecule has 0 radical (unpaired) electrons. The van der Waals surface area contributed by atoms with E-state index in [2.05, 4.69) is 6.92 Å². The first-order valence-corrected chi connectivity index (χ1v) is 5.81.